The van der Waals surface area contributed by atoms with Gasteiger partial charge in [-0.3, -0.25) is 14.9 Å². The highest BCUT2D eigenvalue weighted by atomic mass is 32.2. The number of rotatable bonds is 7. The van der Waals surface area contributed by atoms with Crippen molar-refractivity contribution >= 4 is 33.6 Å². The molecule has 9 nitrogen and oxygen atoms in total. The maximum absolute atomic E-state index is 13.0. The molecule has 0 aliphatic carbocycles. The first-order chi connectivity index (χ1) is 16.6. The molecule has 3 aromatic carbocycles. The van der Waals surface area contributed by atoms with Crippen LogP contribution in [0.3, 0.4) is 0 Å². The van der Waals surface area contributed by atoms with Gasteiger partial charge < -0.3 is 10.6 Å². The first-order valence-electron chi connectivity index (χ1n) is 10.8. The van der Waals surface area contributed by atoms with E-state index in [9.17, 15) is 22.8 Å². The van der Waals surface area contributed by atoms with Gasteiger partial charge in [0, 0.05) is 17.8 Å². The van der Waals surface area contributed by atoms with Gasteiger partial charge in [-0.1, -0.05) is 48.5 Å². The Kier molecular flexibility index (Phi) is 6.42. The van der Waals surface area contributed by atoms with Gasteiger partial charge in [0.15, 0.2) is 0 Å². The SMILES string of the molecule is Cc1ccc(S(=O)(=O)NCc2ccccc2)cc1C(=O)Nc1cccc(C2(C)NC(=O)NC2=O)c1. The Morgan fingerprint density at radius 2 is 1.71 bits per heavy atom. The molecule has 0 spiro atoms. The molecule has 0 bridgehead atoms. The van der Waals surface area contributed by atoms with Crippen LogP contribution in [0.4, 0.5) is 10.5 Å². The topological polar surface area (TPSA) is 133 Å². The van der Waals surface area contributed by atoms with E-state index in [1.54, 1.807) is 44.2 Å². The Hall–Kier alpha value is -4.02. The fourth-order valence-electron chi connectivity index (χ4n) is 3.72. The van der Waals surface area contributed by atoms with Crippen LogP contribution in [0, 0.1) is 6.92 Å². The summed E-state index contributed by atoms with van der Waals surface area (Å²) in [6, 6.07) is 19.4. The number of amides is 4. The lowest BCUT2D eigenvalue weighted by Gasteiger charge is -2.21. The van der Waals surface area contributed by atoms with E-state index in [1.165, 1.54) is 12.1 Å². The Labute approximate surface area is 203 Å². The highest BCUT2D eigenvalue weighted by Gasteiger charge is 2.43. The van der Waals surface area contributed by atoms with Crippen molar-refractivity contribution in [2.75, 3.05) is 5.32 Å². The number of hydrogen-bond acceptors (Lipinski definition) is 5. The minimum atomic E-state index is -3.86. The molecule has 4 N–H and O–H groups in total. The lowest BCUT2D eigenvalue weighted by Crippen LogP contribution is -2.40. The van der Waals surface area contributed by atoms with E-state index in [1.807, 2.05) is 30.3 Å². The molecular formula is C25H24N4O5S. The Morgan fingerprint density at radius 1 is 0.971 bits per heavy atom. The quantitative estimate of drug-likeness (QED) is 0.377. The number of carbonyl (C=O) groups excluding carboxylic acids is 3. The number of benzene rings is 3. The van der Waals surface area contributed by atoms with E-state index in [4.69, 9.17) is 0 Å². The molecule has 4 amide bonds. The maximum atomic E-state index is 13.0. The van der Waals surface area contributed by atoms with Crippen molar-refractivity contribution in [2.45, 2.75) is 30.8 Å². The third kappa shape index (κ3) is 5.08. The fourth-order valence-corrected chi connectivity index (χ4v) is 4.77. The van der Waals surface area contributed by atoms with E-state index in [0.29, 0.717) is 16.8 Å². The van der Waals surface area contributed by atoms with Gasteiger partial charge in [0.25, 0.3) is 11.8 Å². The van der Waals surface area contributed by atoms with Crippen molar-refractivity contribution in [3.63, 3.8) is 0 Å². The van der Waals surface area contributed by atoms with Crippen LogP contribution in [0.25, 0.3) is 0 Å². The van der Waals surface area contributed by atoms with Gasteiger partial charge in [-0.05, 0) is 54.8 Å². The summed E-state index contributed by atoms with van der Waals surface area (Å²) in [6.45, 7) is 3.39. The molecule has 1 heterocycles. The van der Waals surface area contributed by atoms with Gasteiger partial charge in [-0.25, -0.2) is 17.9 Å². The Balaban J connectivity index is 1.54. The van der Waals surface area contributed by atoms with Gasteiger partial charge in [0.2, 0.25) is 10.0 Å². The van der Waals surface area contributed by atoms with Crippen molar-refractivity contribution in [3.05, 3.63) is 95.1 Å². The van der Waals surface area contributed by atoms with E-state index in [2.05, 4.69) is 20.7 Å². The molecule has 4 rings (SSSR count). The Morgan fingerprint density at radius 3 is 2.40 bits per heavy atom. The largest absolute Gasteiger partial charge is 0.322 e. The average Bonchev–Trinajstić information content (AvgIpc) is 3.10. The lowest BCUT2D eigenvalue weighted by molar-refractivity contribution is -0.123. The number of imide groups is 1. The summed E-state index contributed by atoms with van der Waals surface area (Å²) in [5.74, 6) is -1.01. The third-order valence-corrected chi connectivity index (χ3v) is 7.21. The summed E-state index contributed by atoms with van der Waals surface area (Å²) < 4.78 is 28.2. The van der Waals surface area contributed by atoms with E-state index < -0.39 is 33.4 Å². The number of sulfonamides is 1. The van der Waals surface area contributed by atoms with E-state index in [-0.39, 0.29) is 17.0 Å². The molecule has 0 saturated carbocycles. The molecule has 35 heavy (non-hydrogen) atoms. The second-order valence-corrected chi connectivity index (χ2v) is 10.1. The summed E-state index contributed by atoms with van der Waals surface area (Å²) in [4.78, 5) is 36.9. The van der Waals surface area contributed by atoms with Crippen molar-refractivity contribution in [3.8, 4) is 0 Å². The molecule has 1 aliphatic rings. The fraction of sp³-hybridized carbons (Fsp3) is 0.160. The molecule has 10 heteroatoms. The van der Waals surface area contributed by atoms with Crippen molar-refractivity contribution in [1.29, 1.82) is 0 Å². The maximum Gasteiger partial charge on any atom is 0.322 e. The smallest absolute Gasteiger partial charge is 0.322 e. The average molecular weight is 493 g/mol. The number of urea groups is 1. The zero-order valence-corrected chi connectivity index (χ0v) is 19.9. The first-order valence-corrected chi connectivity index (χ1v) is 12.3. The number of hydrogen-bond donors (Lipinski definition) is 4. The van der Waals surface area contributed by atoms with Crippen LogP contribution in [0.2, 0.25) is 0 Å². The van der Waals surface area contributed by atoms with Crippen LogP contribution in [-0.2, 0) is 26.9 Å². The van der Waals surface area contributed by atoms with Crippen molar-refractivity contribution in [2.24, 2.45) is 0 Å². The number of anilines is 1. The molecule has 180 valence electrons. The zero-order valence-electron chi connectivity index (χ0n) is 19.1. The van der Waals surface area contributed by atoms with Crippen LogP contribution in [0.1, 0.15) is 34.0 Å². The minimum absolute atomic E-state index is 0.0317. The monoisotopic (exact) mass is 492 g/mol. The lowest BCUT2D eigenvalue weighted by atomic mass is 9.92. The summed E-state index contributed by atoms with van der Waals surface area (Å²) in [6.07, 6.45) is 0. The predicted octanol–water partition coefficient (Wildman–Crippen LogP) is 2.78. The predicted molar refractivity (Wildman–Crippen MR) is 130 cm³/mol. The highest BCUT2D eigenvalue weighted by molar-refractivity contribution is 7.89. The van der Waals surface area contributed by atoms with Gasteiger partial charge in [-0.2, -0.15) is 0 Å². The summed E-state index contributed by atoms with van der Waals surface area (Å²) >= 11 is 0. The third-order valence-electron chi connectivity index (χ3n) is 5.82. The van der Waals surface area contributed by atoms with Gasteiger partial charge in [-0.15, -0.1) is 0 Å². The van der Waals surface area contributed by atoms with Gasteiger partial charge in [0.1, 0.15) is 5.54 Å². The molecule has 1 aliphatic heterocycles. The van der Waals surface area contributed by atoms with E-state index in [0.717, 1.165) is 5.56 Å². The van der Waals surface area contributed by atoms with Crippen LogP contribution < -0.4 is 20.7 Å². The van der Waals surface area contributed by atoms with Crippen LogP contribution in [0.15, 0.2) is 77.7 Å². The number of aryl methyl sites for hydroxylation is 1. The summed E-state index contributed by atoms with van der Waals surface area (Å²) in [5.41, 5.74) is 1.19. The summed E-state index contributed by atoms with van der Waals surface area (Å²) in [7, 11) is -3.86. The Bertz CT molecular complexity index is 1420. The van der Waals surface area contributed by atoms with Crippen molar-refractivity contribution in [1.82, 2.24) is 15.4 Å². The molecule has 1 atom stereocenters. The molecule has 0 radical (unpaired) electrons. The van der Waals surface area contributed by atoms with Crippen LogP contribution in [0.5, 0.6) is 0 Å². The molecule has 1 unspecified atom stereocenters. The van der Waals surface area contributed by atoms with Crippen LogP contribution in [-0.4, -0.2) is 26.3 Å². The highest BCUT2D eigenvalue weighted by Crippen LogP contribution is 2.27. The minimum Gasteiger partial charge on any atom is -0.322 e. The van der Waals surface area contributed by atoms with Gasteiger partial charge >= 0.3 is 6.03 Å². The normalized spacial score (nSPS) is 17.5. The molecule has 0 aromatic heterocycles. The van der Waals surface area contributed by atoms with Crippen LogP contribution >= 0.6 is 0 Å². The standard InChI is InChI=1S/C25H24N4O5S/c1-16-11-12-20(35(33,34)26-15-17-7-4-3-5-8-17)14-21(16)22(30)27-19-10-6-9-18(13-19)25(2)23(31)28-24(32)29-25/h3-14,26H,15H2,1-2H3,(H,27,30)(H2,28,29,31,32). The molecule has 1 saturated heterocycles. The summed E-state index contributed by atoms with van der Waals surface area (Å²) in [5, 5.41) is 7.52. The second kappa shape index (κ2) is 9.32. The zero-order chi connectivity index (χ0) is 25.2. The number of nitrogens with one attached hydrogen (secondary N) is 4. The molecule has 1 fully saturated rings. The second-order valence-electron chi connectivity index (χ2n) is 8.36. The number of carbonyl (C=O) groups is 3. The van der Waals surface area contributed by atoms with Gasteiger partial charge in [0.05, 0.1) is 4.90 Å². The van der Waals surface area contributed by atoms with E-state index >= 15 is 0 Å². The van der Waals surface area contributed by atoms with Crippen molar-refractivity contribution < 1.29 is 22.8 Å². The molecule has 3 aromatic rings. The molecular weight excluding hydrogens is 468 g/mol. The first kappa shape index (κ1) is 24.1.